The number of hydrogen-bond donors (Lipinski definition) is 3. The number of H-pyrrole nitrogens is 2. The number of fused-ring (bicyclic) bond motifs is 1. The van der Waals surface area contributed by atoms with Crippen molar-refractivity contribution in [3.05, 3.63) is 34.2 Å². The van der Waals surface area contributed by atoms with Gasteiger partial charge in [-0.05, 0) is 50.3 Å². The number of benzene rings is 1. The SMILES string of the molecule is CC(N[C@@H](C)C1CCCC1)c1ccc2[nH]c(=O)[nH]c2c1. The predicted molar refractivity (Wildman–Crippen MR) is 81.9 cm³/mol. The summed E-state index contributed by atoms with van der Waals surface area (Å²) in [6, 6.07) is 6.97. The lowest BCUT2D eigenvalue weighted by molar-refractivity contribution is 0.353. The second-order valence-electron chi connectivity index (χ2n) is 6.11. The molecule has 3 N–H and O–H groups in total. The minimum absolute atomic E-state index is 0.142. The molecule has 1 aromatic heterocycles. The molecule has 2 atom stereocenters. The average molecular weight is 273 g/mol. The van der Waals surface area contributed by atoms with Gasteiger partial charge in [-0.15, -0.1) is 0 Å². The lowest BCUT2D eigenvalue weighted by Crippen LogP contribution is -2.34. The molecule has 0 bridgehead atoms. The number of hydrogen-bond acceptors (Lipinski definition) is 2. The normalized spacial score (nSPS) is 19.5. The highest BCUT2D eigenvalue weighted by atomic mass is 16.1. The summed E-state index contributed by atoms with van der Waals surface area (Å²) in [5.41, 5.74) is 2.83. The molecule has 1 aliphatic rings. The highest BCUT2D eigenvalue weighted by molar-refractivity contribution is 5.75. The van der Waals surface area contributed by atoms with E-state index in [0.29, 0.717) is 12.1 Å². The summed E-state index contributed by atoms with van der Waals surface area (Å²) in [5.74, 6) is 0.813. The number of aromatic amines is 2. The third kappa shape index (κ3) is 2.66. The minimum atomic E-state index is -0.142. The van der Waals surface area contributed by atoms with Gasteiger partial charge in [0.15, 0.2) is 0 Å². The molecule has 1 unspecified atom stereocenters. The fraction of sp³-hybridized carbons (Fsp3) is 0.562. The predicted octanol–water partition coefficient (Wildman–Crippen LogP) is 3.09. The first-order valence-electron chi connectivity index (χ1n) is 7.61. The Morgan fingerprint density at radius 2 is 1.85 bits per heavy atom. The van der Waals surface area contributed by atoms with E-state index in [0.717, 1.165) is 17.0 Å². The van der Waals surface area contributed by atoms with E-state index in [9.17, 15) is 4.79 Å². The van der Waals surface area contributed by atoms with Crippen molar-refractivity contribution in [1.82, 2.24) is 15.3 Å². The molecule has 0 amide bonds. The van der Waals surface area contributed by atoms with Crippen LogP contribution in [0.2, 0.25) is 0 Å². The molecule has 0 aliphatic heterocycles. The van der Waals surface area contributed by atoms with Crippen molar-refractivity contribution in [3.8, 4) is 0 Å². The van der Waals surface area contributed by atoms with Crippen molar-refractivity contribution < 1.29 is 0 Å². The second-order valence-corrected chi connectivity index (χ2v) is 6.11. The molecule has 1 heterocycles. The zero-order valence-electron chi connectivity index (χ0n) is 12.2. The molecule has 0 radical (unpaired) electrons. The molecule has 1 aliphatic carbocycles. The number of aromatic nitrogens is 2. The van der Waals surface area contributed by atoms with Gasteiger partial charge in [-0.2, -0.15) is 0 Å². The Balaban J connectivity index is 1.74. The van der Waals surface area contributed by atoms with E-state index in [1.165, 1.54) is 31.2 Å². The van der Waals surface area contributed by atoms with Crippen LogP contribution in [0.3, 0.4) is 0 Å². The molecule has 0 spiro atoms. The van der Waals surface area contributed by atoms with Gasteiger partial charge in [-0.25, -0.2) is 4.79 Å². The molecule has 0 saturated heterocycles. The van der Waals surface area contributed by atoms with E-state index in [2.05, 4.69) is 41.3 Å². The third-order valence-electron chi connectivity index (χ3n) is 4.66. The maximum atomic E-state index is 11.3. The largest absolute Gasteiger partial charge is 0.323 e. The van der Waals surface area contributed by atoms with E-state index in [1.54, 1.807) is 0 Å². The second kappa shape index (κ2) is 5.44. The van der Waals surface area contributed by atoms with Crippen molar-refractivity contribution in [2.45, 2.75) is 51.6 Å². The lowest BCUT2D eigenvalue weighted by atomic mass is 9.97. The summed E-state index contributed by atoms with van der Waals surface area (Å²) in [6.07, 6.45) is 5.46. The molecule has 20 heavy (non-hydrogen) atoms. The average Bonchev–Trinajstić information content (AvgIpc) is 3.05. The van der Waals surface area contributed by atoms with Crippen LogP contribution in [-0.2, 0) is 0 Å². The molecule has 2 aromatic rings. The molecule has 3 rings (SSSR count). The van der Waals surface area contributed by atoms with Crippen LogP contribution >= 0.6 is 0 Å². The summed E-state index contributed by atoms with van der Waals surface area (Å²) in [5, 5.41) is 3.71. The summed E-state index contributed by atoms with van der Waals surface area (Å²) < 4.78 is 0. The van der Waals surface area contributed by atoms with Crippen LogP contribution in [0.15, 0.2) is 23.0 Å². The van der Waals surface area contributed by atoms with Crippen LogP contribution < -0.4 is 11.0 Å². The van der Waals surface area contributed by atoms with Gasteiger partial charge < -0.3 is 15.3 Å². The van der Waals surface area contributed by atoms with E-state index in [-0.39, 0.29) is 5.69 Å². The topological polar surface area (TPSA) is 60.7 Å². The Bertz CT molecular complexity index is 636. The quantitative estimate of drug-likeness (QED) is 0.801. The maximum absolute atomic E-state index is 11.3. The Kier molecular flexibility index (Phi) is 3.66. The van der Waals surface area contributed by atoms with Gasteiger partial charge in [0.25, 0.3) is 0 Å². The molecular formula is C16H23N3O. The zero-order valence-corrected chi connectivity index (χ0v) is 12.2. The van der Waals surface area contributed by atoms with Crippen molar-refractivity contribution in [3.63, 3.8) is 0 Å². The van der Waals surface area contributed by atoms with Crippen molar-refractivity contribution in [2.75, 3.05) is 0 Å². The van der Waals surface area contributed by atoms with Gasteiger partial charge >= 0.3 is 5.69 Å². The van der Waals surface area contributed by atoms with Gasteiger partial charge in [0.2, 0.25) is 0 Å². The van der Waals surface area contributed by atoms with Crippen LogP contribution in [0.25, 0.3) is 11.0 Å². The smallest absolute Gasteiger partial charge is 0.307 e. The lowest BCUT2D eigenvalue weighted by Gasteiger charge is -2.25. The van der Waals surface area contributed by atoms with Crippen molar-refractivity contribution >= 4 is 11.0 Å². The number of rotatable bonds is 4. The Morgan fingerprint density at radius 1 is 1.15 bits per heavy atom. The summed E-state index contributed by atoms with van der Waals surface area (Å²) >= 11 is 0. The minimum Gasteiger partial charge on any atom is -0.307 e. The molecule has 4 nitrogen and oxygen atoms in total. The van der Waals surface area contributed by atoms with Gasteiger partial charge in [-0.3, -0.25) is 0 Å². The van der Waals surface area contributed by atoms with Gasteiger partial charge in [0.05, 0.1) is 11.0 Å². The van der Waals surface area contributed by atoms with Gasteiger partial charge in [0, 0.05) is 12.1 Å². The molecule has 108 valence electrons. The van der Waals surface area contributed by atoms with E-state index in [4.69, 9.17) is 0 Å². The van der Waals surface area contributed by atoms with E-state index < -0.39 is 0 Å². The van der Waals surface area contributed by atoms with E-state index in [1.807, 2.05) is 6.07 Å². The third-order valence-corrected chi connectivity index (χ3v) is 4.66. The first-order chi connectivity index (χ1) is 9.63. The highest BCUT2D eigenvalue weighted by Crippen LogP contribution is 2.29. The van der Waals surface area contributed by atoms with Crippen LogP contribution in [0, 0.1) is 5.92 Å². The van der Waals surface area contributed by atoms with Crippen molar-refractivity contribution in [2.24, 2.45) is 5.92 Å². The Hall–Kier alpha value is -1.55. The van der Waals surface area contributed by atoms with Crippen LogP contribution in [0.4, 0.5) is 0 Å². The maximum Gasteiger partial charge on any atom is 0.323 e. The zero-order chi connectivity index (χ0) is 14.1. The number of imidazole rings is 1. The summed E-state index contributed by atoms with van der Waals surface area (Å²) in [7, 11) is 0. The first-order valence-corrected chi connectivity index (χ1v) is 7.61. The molecule has 1 saturated carbocycles. The summed E-state index contributed by atoms with van der Waals surface area (Å²) in [6.45, 7) is 4.49. The standard InChI is InChI=1S/C16H23N3O/c1-10(12-5-3-4-6-12)17-11(2)13-7-8-14-15(9-13)19-16(20)18-14/h7-12,17H,3-6H2,1-2H3,(H2,18,19,20)/t10-,11?/m0/s1. The van der Waals surface area contributed by atoms with Crippen molar-refractivity contribution in [1.29, 1.82) is 0 Å². The summed E-state index contributed by atoms with van der Waals surface area (Å²) in [4.78, 5) is 16.9. The fourth-order valence-corrected chi connectivity index (χ4v) is 3.40. The molecule has 1 fully saturated rings. The first kappa shape index (κ1) is 13.4. The van der Waals surface area contributed by atoms with Gasteiger partial charge in [0.1, 0.15) is 0 Å². The Morgan fingerprint density at radius 3 is 2.60 bits per heavy atom. The van der Waals surface area contributed by atoms with Gasteiger partial charge in [-0.1, -0.05) is 18.9 Å². The fourth-order valence-electron chi connectivity index (χ4n) is 3.40. The Labute approximate surface area is 119 Å². The monoisotopic (exact) mass is 273 g/mol. The molecule has 4 heteroatoms. The molecule has 1 aromatic carbocycles. The van der Waals surface area contributed by atoms with E-state index >= 15 is 0 Å². The van der Waals surface area contributed by atoms with Crippen LogP contribution in [0.5, 0.6) is 0 Å². The van der Waals surface area contributed by atoms with Crippen LogP contribution in [-0.4, -0.2) is 16.0 Å². The number of nitrogens with one attached hydrogen (secondary N) is 3. The molecular weight excluding hydrogens is 250 g/mol. The van der Waals surface area contributed by atoms with Crippen LogP contribution in [0.1, 0.15) is 51.1 Å². The highest BCUT2D eigenvalue weighted by Gasteiger charge is 2.22.